The summed E-state index contributed by atoms with van der Waals surface area (Å²) in [5.41, 5.74) is 9.54. The van der Waals surface area contributed by atoms with Crippen LogP contribution in [0, 0.1) is 25.7 Å². The molecule has 2 aromatic rings. The molecule has 7 nitrogen and oxygen atoms in total. The maximum absolute atomic E-state index is 12.3. The van der Waals surface area contributed by atoms with Gasteiger partial charge in [0.2, 0.25) is 0 Å². The van der Waals surface area contributed by atoms with Gasteiger partial charge in [-0.05, 0) is 124 Å². The third-order valence-corrected chi connectivity index (χ3v) is 15.9. The molecule has 10 aliphatic rings. The molecule has 4 saturated heterocycles. The molecule has 5 atom stereocenters. The molecule has 56 heavy (non-hydrogen) atoms. The molecular formula is C47H64K2N2O5. The molecule has 4 bridgehead atoms. The van der Waals surface area contributed by atoms with Crippen LogP contribution in [0.25, 0.3) is 0 Å². The summed E-state index contributed by atoms with van der Waals surface area (Å²) in [5, 5.41) is 12.3. The van der Waals surface area contributed by atoms with Crippen molar-refractivity contribution in [1.29, 1.82) is 0 Å². The van der Waals surface area contributed by atoms with E-state index >= 15 is 0 Å². The second-order valence-corrected chi connectivity index (χ2v) is 19.2. The molecule has 4 aliphatic heterocycles. The van der Waals surface area contributed by atoms with Crippen molar-refractivity contribution in [3.63, 3.8) is 0 Å². The predicted molar refractivity (Wildman–Crippen MR) is 222 cm³/mol. The first-order chi connectivity index (χ1) is 26.7. The standard InChI is InChI=1S/C23H31NO3.C23H29NO2.CH4.2K/c1-16-2-5-18-13-20-23(25)7-6-22(26-10-11-27-22)15-21(23,19(18)12-16)8-9-24(20)14-17-3-4-17;1-16-2-5-18-13-21-19-6-7-23(25-10-11-26-23)15-22(19,20(18)12-16)8-9-24(21)14-17-3-4-17;;;/h2,5,12,17,20,25H,3-4,6-11,13-15H2,1H3;2,5-6,12,17,21H,3-4,7-11,13-15H2,1H3;1H4;;/t20-,21-,23-;21-,22+;;;/m11.../s1. The predicted octanol–water partition coefficient (Wildman–Crippen LogP) is 6.54. The Kier molecular flexibility index (Phi) is 12.4. The van der Waals surface area contributed by atoms with Crippen LogP contribution in [0.15, 0.2) is 48.0 Å². The number of likely N-dealkylation sites (tertiary alicyclic amines) is 2. The molecule has 4 heterocycles. The molecule has 2 aromatic carbocycles. The molecule has 294 valence electrons. The molecule has 0 aromatic heterocycles. The quantitative estimate of drug-likeness (QED) is 0.278. The molecule has 3 saturated carbocycles. The molecule has 0 radical (unpaired) electrons. The Balaban J connectivity index is 0.000000138. The summed E-state index contributed by atoms with van der Waals surface area (Å²) in [6.07, 6.45) is 16.9. The third-order valence-electron chi connectivity index (χ3n) is 15.9. The Morgan fingerprint density at radius 3 is 1.95 bits per heavy atom. The van der Waals surface area contributed by atoms with E-state index in [0.29, 0.717) is 19.3 Å². The Labute approximate surface area is 382 Å². The van der Waals surface area contributed by atoms with Gasteiger partial charge in [-0.15, -0.1) is 0 Å². The van der Waals surface area contributed by atoms with Crippen molar-refractivity contribution in [2.45, 2.75) is 145 Å². The summed E-state index contributed by atoms with van der Waals surface area (Å²) in [4.78, 5) is 5.44. The Hall–Kier alpha value is 1.17. The van der Waals surface area contributed by atoms with Gasteiger partial charge in [0.1, 0.15) is 0 Å². The minimum atomic E-state index is -0.665. The average molecular weight is 815 g/mol. The summed E-state index contributed by atoms with van der Waals surface area (Å²) in [6, 6.07) is 14.9. The van der Waals surface area contributed by atoms with Crippen molar-refractivity contribution in [2.24, 2.45) is 11.8 Å². The maximum atomic E-state index is 12.3. The van der Waals surface area contributed by atoms with Gasteiger partial charge in [0.15, 0.2) is 11.6 Å². The zero-order valence-corrected chi connectivity index (χ0v) is 40.4. The Morgan fingerprint density at radius 1 is 0.696 bits per heavy atom. The fourth-order valence-electron chi connectivity index (χ4n) is 13.0. The molecule has 7 fully saturated rings. The molecule has 1 N–H and O–H groups in total. The molecule has 0 unspecified atom stereocenters. The van der Waals surface area contributed by atoms with E-state index in [-0.39, 0.29) is 30.1 Å². The zero-order chi connectivity index (χ0) is 37.6. The first kappa shape index (κ1) is 42.5. The fraction of sp³-hybridized carbons (Fsp3) is 0.702. The molecule has 6 aliphatic carbocycles. The van der Waals surface area contributed by atoms with Gasteiger partial charge in [-0.25, -0.2) is 0 Å². The van der Waals surface area contributed by atoms with Gasteiger partial charge >= 0.3 is 63.2 Å². The van der Waals surface area contributed by atoms with Crippen LogP contribution in [0.4, 0.5) is 0 Å². The van der Waals surface area contributed by atoms with Gasteiger partial charge in [-0.1, -0.05) is 61.0 Å². The second kappa shape index (κ2) is 16.4. The minimum absolute atomic E-state index is 0. The molecule has 2 spiro atoms. The van der Waals surface area contributed by atoms with Crippen molar-refractivity contribution in [3.05, 3.63) is 81.4 Å². The number of benzene rings is 2. The van der Waals surface area contributed by atoms with E-state index in [1.807, 2.05) is 0 Å². The normalized spacial score (nSPS) is 35.7. The second-order valence-electron chi connectivity index (χ2n) is 19.2. The van der Waals surface area contributed by atoms with E-state index in [1.54, 1.807) is 16.7 Å². The topological polar surface area (TPSA) is 63.6 Å². The van der Waals surface area contributed by atoms with Gasteiger partial charge in [0.25, 0.3) is 0 Å². The van der Waals surface area contributed by atoms with Crippen molar-refractivity contribution in [1.82, 2.24) is 9.80 Å². The number of nitrogens with zero attached hydrogens (tertiary/aromatic N) is 2. The van der Waals surface area contributed by atoms with E-state index in [1.165, 1.54) is 144 Å². The molecular weight excluding hydrogens is 751 g/mol. The van der Waals surface area contributed by atoms with Gasteiger partial charge < -0.3 is 24.1 Å². The van der Waals surface area contributed by atoms with Crippen LogP contribution in [0.3, 0.4) is 0 Å². The van der Waals surface area contributed by atoms with Crippen LogP contribution in [-0.4, -0.2) is 160 Å². The number of aliphatic hydroxyl groups is 1. The number of fused-ring (bicyclic) bond motifs is 2. The van der Waals surface area contributed by atoms with Crippen molar-refractivity contribution < 1.29 is 24.1 Å². The van der Waals surface area contributed by atoms with E-state index in [2.05, 4.69) is 66.1 Å². The molecule has 12 rings (SSSR count). The monoisotopic (exact) mass is 814 g/mol. The van der Waals surface area contributed by atoms with E-state index < -0.39 is 11.4 Å². The zero-order valence-electron chi connectivity index (χ0n) is 34.2. The number of hydrogen-bond donors (Lipinski definition) is 1. The van der Waals surface area contributed by atoms with Gasteiger partial charge in [0.05, 0.1) is 32.0 Å². The summed E-state index contributed by atoms with van der Waals surface area (Å²) in [5.74, 6) is 0.967. The van der Waals surface area contributed by atoms with E-state index in [9.17, 15) is 5.11 Å². The van der Waals surface area contributed by atoms with Crippen LogP contribution in [0.5, 0.6) is 0 Å². The van der Waals surface area contributed by atoms with Crippen LogP contribution in [-0.2, 0) is 42.6 Å². The third kappa shape index (κ3) is 7.28. The summed E-state index contributed by atoms with van der Waals surface area (Å²) < 4.78 is 24.7. The van der Waals surface area contributed by atoms with Crippen molar-refractivity contribution >= 4 is 63.2 Å². The van der Waals surface area contributed by atoms with Gasteiger partial charge in [0, 0.05) is 61.7 Å². The Bertz CT molecular complexity index is 1820. The summed E-state index contributed by atoms with van der Waals surface area (Å²) in [6.45, 7) is 12.1. The first-order valence-electron chi connectivity index (χ1n) is 22.4. The number of aryl methyl sites for hydroxylation is 2. The fourth-order valence-corrected chi connectivity index (χ4v) is 13.0. The van der Waals surface area contributed by atoms with Crippen LogP contribution in [0.2, 0.25) is 0 Å². The van der Waals surface area contributed by atoms with Crippen molar-refractivity contribution in [2.75, 3.05) is 52.6 Å². The Morgan fingerprint density at radius 2 is 1.29 bits per heavy atom. The average Bonchev–Trinajstić information content (AvgIpc) is 4.11. The van der Waals surface area contributed by atoms with E-state index in [0.717, 1.165) is 76.5 Å². The van der Waals surface area contributed by atoms with Crippen LogP contribution >= 0.6 is 0 Å². The van der Waals surface area contributed by atoms with Gasteiger partial charge in [-0.3, -0.25) is 9.80 Å². The van der Waals surface area contributed by atoms with Gasteiger partial charge in [-0.2, -0.15) is 0 Å². The molecule has 0 amide bonds. The van der Waals surface area contributed by atoms with Crippen LogP contribution < -0.4 is 0 Å². The molecule has 9 heteroatoms. The number of piperidine rings is 2. The summed E-state index contributed by atoms with van der Waals surface area (Å²) in [7, 11) is 0. The summed E-state index contributed by atoms with van der Waals surface area (Å²) >= 11 is 2.50. The van der Waals surface area contributed by atoms with Crippen molar-refractivity contribution in [3.8, 4) is 0 Å². The van der Waals surface area contributed by atoms with E-state index in [4.69, 9.17) is 18.9 Å². The van der Waals surface area contributed by atoms with Crippen LogP contribution in [0.1, 0.15) is 111 Å². The number of hydrogen-bond acceptors (Lipinski definition) is 7. The SMILES string of the molecule is C.Cc1ccc2c(c1)[C@]13CCN(CC4CC4)[C@H](C2)C1=CCC1(C3)OCCO1.Cc1ccc2c(c1)[C@]13CCN(CC4CC4)[C@H](C2)[C@]1(O)CCC1(C3)OCCO1.[K][K]. The number of ether oxygens (including phenoxy) is 4. The first-order valence-corrected chi connectivity index (χ1v) is 38.4. The number of rotatable bonds is 4.